The topological polar surface area (TPSA) is 85.4 Å². The van der Waals surface area contributed by atoms with E-state index in [9.17, 15) is 13.2 Å². The lowest BCUT2D eigenvalue weighted by Gasteiger charge is -2.05. The molecule has 0 aromatic carbocycles. The summed E-state index contributed by atoms with van der Waals surface area (Å²) in [7, 11) is 0. The van der Waals surface area contributed by atoms with Gasteiger partial charge in [-0.25, -0.2) is 4.98 Å². The van der Waals surface area contributed by atoms with E-state index in [2.05, 4.69) is 25.2 Å². The molecule has 7 nitrogen and oxygen atoms in total. The highest BCUT2D eigenvalue weighted by molar-refractivity contribution is 5.45. The first-order valence-electron chi connectivity index (χ1n) is 5.90. The molecular weight excluding hydrogens is 289 g/mol. The number of halogens is 3. The summed E-state index contributed by atoms with van der Waals surface area (Å²) in [5.41, 5.74) is 1.01. The Morgan fingerprint density at radius 2 is 2.19 bits per heavy atom. The molecule has 0 fully saturated rings. The molecule has 0 aliphatic rings. The van der Waals surface area contributed by atoms with Crippen LogP contribution < -0.4 is 0 Å². The summed E-state index contributed by atoms with van der Waals surface area (Å²) in [6.45, 7) is -1.13. The van der Waals surface area contributed by atoms with Gasteiger partial charge in [0.15, 0.2) is 0 Å². The molecule has 0 aliphatic carbocycles. The van der Waals surface area contributed by atoms with Gasteiger partial charge in [-0.1, -0.05) is 5.16 Å². The number of H-pyrrole nitrogens is 1. The van der Waals surface area contributed by atoms with Gasteiger partial charge < -0.3 is 9.51 Å². The first kappa shape index (κ1) is 13.3. The minimum Gasteiger partial charge on any atom is -0.342 e. The second-order valence-electron chi connectivity index (χ2n) is 4.27. The lowest BCUT2D eigenvalue weighted by molar-refractivity contribution is -0.142. The predicted molar refractivity (Wildman–Crippen MR) is 63.0 cm³/mol. The van der Waals surface area contributed by atoms with Gasteiger partial charge in [0.05, 0.1) is 24.6 Å². The zero-order valence-electron chi connectivity index (χ0n) is 10.5. The lowest BCUT2D eigenvalue weighted by atomic mass is 10.3. The average molecular weight is 298 g/mol. The van der Waals surface area contributed by atoms with Gasteiger partial charge in [-0.2, -0.15) is 23.3 Å². The molecule has 0 atom stereocenters. The standard InChI is InChI=1S/C11H9F3N6O/c12-11(13,14)5-20-2-1-7(18-20)3-9-17-10(19-21-9)8-4-15-6-16-8/h1-2,4,6H,3,5H2,(H,15,16). The Labute approximate surface area is 115 Å². The minimum absolute atomic E-state index is 0.159. The molecule has 3 heterocycles. The summed E-state index contributed by atoms with van der Waals surface area (Å²) in [6.07, 6.45) is 0.124. The smallest absolute Gasteiger partial charge is 0.342 e. The van der Waals surface area contributed by atoms with Crippen molar-refractivity contribution in [2.45, 2.75) is 19.1 Å². The monoisotopic (exact) mass is 298 g/mol. The van der Waals surface area contributed by atoms with Crippen molar-refractivity contribution in [1.29, 1.82) is 0 Å². The third-order valence-electron chi connectivity index (χ3n) is 2.58. The number of rotatable bonds is 4. The molecule has 3 rings (SSSR count). The molecule has 3 aromatic rings. The summed E-state index contributed by atoms with van der Waals surface area (Å²) < 4.78 is 42.5. The number of alkyl halides is 3. The number of hydrogen-bond acceptors (Lipinski definition) is 5. The van der Waals surface area contributed by atoms with Crippen molar-refractivity contribution in [2.24, 2.45) is 0 Å². The van der Waals surface area contributed by atoms with Crippen LogP contribution in [0.5, 0.6) is 0 Å². The molecule has 0 aliphatic heterocycles. The Morgan fingerprint density at radius 1 is 1.33 bits per heavy atom. The molecule has 3 aromatic heterocycles. The fourth-order valence-corrected chi connectivity index (χ4v) is 1.74. The normalized spacial score (nSPS) is 12.0. The zero-order valence-corrected chi connectivity index (χ0v) is 10.5. The summed E-state index contributed by atoms with van der Waals surface area (Å²) in [6, 6.07) is 1.48. The van der Waals surface area contributed by atoms with Crippen LogP contribution in [0.3, 0.4) is 0 Å². The van der Waals surface area contributed by atoms with E-state index in [0.717, 1.165) is 4.68 Å². The van der Waals surface area contributed by atoms with Crippen LogP contribution in [0.25, 0.3) is 11.5 Å². The lowest BCUT2D eigenvalue weighted by Crippen LogP contribution is -2.18. The quantitative estimate of drug-likeness (QED) is 0.794. The molecule has 110 valence electrons. The van der Waals surface area contributed by atoms with E-state index in [-0.39, 0.29) is 12.3 Å². The fraction of sp³-hybridized carbons (Fsp3) is 0.273. The Morgan fingerprint density at radius 3 is 2.90 bits per heavy atom. The molecule has 0 amide bonds. The Bertz CT molecular complexity index is 714. The summed E-state index contributed by atoms with van der Waals surface area (Å²) >= 11 is 0. The van der Waals surface area contributed by atoms with E-state index in [1.165, 1.54) is 24.8 Å². The highest BCUT2D eigenvalue weighted by atomic mass is 19.4. The summed E-state index contributed by atoms with van der Waals surface area (Å²) in [5, 5.41) is 7.56. The van der Waals surface area contributed by atoms with Gasteiger partial charge in [-0.3, -0.25) is 4.68 Å². The first-order chi connectivity index (χ1) is 9.99. The van der Waals surface area contributed by atoms with E-state index in [1.807, 2.05) is 0 Å². The van der Waals surface area contributed by atoms with Crippen molar-refractivity contribution >= 4 is 0 Å². The number of aromatic nitrogens is 6. The minimum atomic E-state index is -4.30. The van der Waals surface area contributed by atoms with Crippen molar-refractivity contribution in [3.8, 4) is 11.5 Å². The molecule has 0 unspecified atom stereocenters. The molecule has 0 bridgehead atoms. The molecule has 1 N–H and O–H groups in total. The average Bonchev–Trinajstić information content (AvgIpc) is 3.08. The Kier molecular flexibility index (Phi) is 3.20. The number of nitrogens with zero attached hydrogens (tertiary/aromatic N) is 5. The van der Waals surface area contributed by atoms with Crippen LogP contribution in [-0.4, -0.2) is 36.1 Å². The van der Waals surface area contributed by atoms with Crippen LogP contribution in [-0.2, 0) is 13.0 Å². The maximum absolute atomic E-state index is 12.2. The van der Waals surface area contributed by atoms with E-state index in [1.54, 1.807) is 0 Å². The van der Waals surface area contributed by atoms with Crippen molar-refractivity contribution < 1.29 is 17.7 Å². The van der Waals surface area contributed by atoms with Crippen molar-refractivity contribution in [3.63, 3.8) is 0 Å². The molecule has 0 saturated carbocycles. The highest BCUT2D eigenvalue weighted by Gasteiger charge is 2.28. The van der Waals surface area contributed by atoms with Crippen LogP contribution in [0, 0.1) is 0 Å². The Balaban J connectivity index is 1.70. The second-order valence-corrected chi connectivity index (χ2v) is 4.27. The second kappa shape index (κ2) is 5.04. The first-order valence-corrected chi connectivity index (χ1v) is 5.90. The van der Waals surface area contributed by atoms with E-state index in [4.69, 9.17) is 4.52 Å². The van der Waals surface area contributed by atoms with Gasteiger partial charge >= 0.3 is 6.18 Å². The number of hydrogen-bond donors (Lipinski definition) is 1. The summed E-state index contributed by atoms with van der Waals surface area (Å²) in [4.78, 5) is 10.8. The van der Waals surface area contributed by atoms with Crippen LogP contribution in [0.4, 0.5) is 13.2 Å². The Hall–Kier alpha value is -2.65. The number of imidazole rings is 1. The molecular formula is C11H9F3N6O. The van der Waals surface area contributed by atoms with Crippen LogP contribution in [0.2, 0.25) is 0 Å². The van der Waals surface area contributed by atoms with Gasteiger partial charge in [0.1, 0.15) is 12.2 Å². The van der Waals surface area contributed by atoms with Crippen molar-refractivity contribution in [2.75, 3.05) is 0 Å². The molecule has 21 heavy (non-hydrogen) atoms. The largest absolute Gasteiger partial charge is 0.408 e. The zero-order chi connectivity index (χ0) is 14.9. The van der Waals surface area contributed by atoms with E-state index >= 15 is 0 Å². The molecule has 0 saturated heterocycles. The highest BCUT2D eigenvalue weighted by Crippen LogP contribution is 2.18. The fourth-order valence-electron chi connectivity index (χ4n) is 1.74. The maximum atomic E-state index is 12.2. The third-order valence-corrected chi connectivity index (χ3v) is 2.58. The van der Waals surface area contributed by atoms with Gasteiger partial charge in [0.25, 0.3) is 0 Å². The maximum Gasteiger partial charge on any atom is 0.408 e. The van der Waals surface area contributed by atoms with Gasteiger partial charge in [-0.15, -0.1) is 0 Å². The third kappa shape index (κ3) is 3.27. The van der Waals surface area contributed by atoms with E-state index in [0.29, 0.717) is 17.2 Å². The van der Waals surface area contributed by atoms with Crippen LogP contribution in [0.1, 0.15) is 11.6 Å². The van der Waals surface area contributed by atoms with Gasteiger partial charge in [0, 0.05) is 6.20 Å². The predicted octanol–water partition coefficient (Wildman–Crippen LogP) is 1.81. The van der Waals surface area contributed by atoms with E-state index < -0.39 is 12.7 Å². The summed E-state index contributed by atoms with van der Waals surface area (Å²) in [5.74, 6) is 0.592. The van der Waals surface area contributed by atoms with Crippen molar-refractivity contribution in [3.05, 3.63) is 36.4 Å². The number of nitrogens with one attached hydrogen (secondary N) is 1. The van der Waals surface area contributed by atoms with Gasteiger partial charge in [-0.05, 0) is 6.07 Å². The molecule has 10 heteroatoms. The SMILES string of the molecule is FC(F)(F)Cn1ccc(Cc2nc(-c3cnc[nH]3)no2)n1. The number of aromatic amines is 1. The van der Waals surface area contributed by atoms with Crippen LogP contribution in [0.15, 0.2) is 29.3 Å². The molecule has 0 radical (unpaired) electrons. The van der Waals surface area contributed by atoms with Gasteiger partial charge in [0.2, 0.25) is 11.7 Å². The van der Waals surface area contributed by atoms with Crippen LogP contribution >= 0.6 is 0 Å². The molecule has 0 spiro atoms. The van der Waals surface area contributed by atoms with Crippen molar-refractivity contribution in [1.82, 2.24) is 29.9 Å².